The van der Waals surface area contributed by atoms with Gasteiger partial charge < -0.3 is 11.1 Å². The lowest BCUT2D eigenvalue weighted by Crippen LogP contribution is -2.31. The van der Waals surface area contributed by atoms with Gasteiger partial charge in [-0.15, -0.1) is 10.2 Å². The first-order chi connectivity index (χ1) is 6.58. The summed E-state index contributed by atoms with van der Waals surface area (Å²) in [5, 5.41) is 10.7. The van der Waals surface area contributed by atoms with Crippen LogP contribution < -0.4 is 11.1 Å². The zero-order chi connectivity index (χ0) is 10.6. The van der Waals surface area contributed by atoms with E-state index < -0.39 is 0 Å². The number of hydrogen-bond donors (Lipinski definition) is 2. The van der Waals surface area contributed by atoms with Gasteiger partial charge in [-0.1, -0.05) is 23.1 Å². The minimum Gasteiger partial charge on any atom is -0.374 e. The zero-order valence-electron chi connectivity index (χ0n) is 7.98. The minimum atomic E-state index is -0.00114. The molecular formula is C7H12N4OS2. The third-order valence-corrected chi connectivity index (χ3v) is 3.08. The lowest BCUT2D eigenvalue weighted by molar-refractivity contribution is -0.119. The smallest absolute Gasteiger partial charge is 0.230 e. The van der Waals surface area contributed by atoms with Crippen molar-refractivity contribution in [3.05, 3.63) is 0 Å². The number of carbonyl (C=O) groups excluding carboxylic acids is 1. The van der Waals surface area contributed by atoms with Crippen LogP contribution in [-0.4, -0.2) is 27.9 Å². The van der Waals surface area contributed by atoms with Gasteiger partial charge in [0.15, 0.2) is 4.34 Å². The monoisotopic (exact) mass is 232 g/mol. The third kappa shape index (κ3) is 3.93. The Labute approximate surface area is 90.5 Å². The van der Waals surface area contributed by atoms with Gasteiger partial charge in [-0.3, -0.25) is 4.79 Å². The Morgan fingerprint density at radius 2 is 2.36 bits per heavy atom. The molecule has 3 N–H and O–H groups in total. The first kappa shape index (κ1) is 11.3. The molecule has 0 saturated carbocycles. The molecule has 5 nitrogen and oxygen atoms in total. The number of thioether (sulfide) groups is 1. The van der Waals surface area contributed by atoms with E-state index in [1.165, 1.54) is 23.1 Å². The molecule has 0 saturated heterocycles. The Bertz CT molecular complexity index is 312. The molecule has 78 valence electrons. The van der Waals surface area contributed by atoms with E-state index in [-0.39, 0.29) is 11.9 Å². The summed E-state index contributed by atoms with van der Waals surface area (Å²) in [7, 11) is 0. The summed E-state index contributed by atoms with van der Waals surface area (Å²) in [6.45, 7) is 3.84. The number of aromatic nitrogens is 2. The summed E-state index contributed by atoms with van der Waals surface area (Å²) in [4.78, 5) is 11.2. The maximum absolute atomic E-state index is 11.2. The highest BCUT2D eigenvalue weighted by atomic mass is 32.2. The van der Waals surface area contributed by atoms with E-state index in [2.05, 4.69) is 15.5 Å². The lowest BCUT2D eigenvalue weighted by Gasteiger charge is -2.06. The fourth-order valence-electron chi connectivity index (χ4n) is 0.770. The molecule has 1 rings (SSSR count). The van der Waals surface area contributed by atoms with Crippen molar-refractivity contribution in [1.82, 2.24) is 15.5 Å². The molecule has 7 heteroatoms. The van der Waals surface area contributed by atoms with Crippen molar-refractivity contribution in [2.75, 3.05) is 11.5 Å². The highest BCUT2D eigenvalue weighted by molar-refractivity contribution is 8.01. The third-order valence-electron chi connectivity index (χ3n) is 1.20. The molecule has 0 atom stereocenters. The van der Waals surface area contributed by atoms with Crippen molar-refractivity contribution >= 4 is 34.1 Å². The van der Waals surface area contributed by atoms with E-state index in [4.69, 9.17) is 5.73 Å². The molecular weight excluding hydrogens is 220 g/mol. The van der Waals surface area contributed by atoms with Gasteiger partial charge in [0, 0.05) is 6.04 Å². The summed E-state index contributed by atoms with van der Waals surface area (Å²) in [5.74, 6) is 0.353. The van der Waals surface area contributed by atoms with Crippen molar-refractivity contribution < 1.29 is 4.79 Å². The number of nitrogens with two attached hydrogens (primary N) is 1. The number of amides is 1. The van der Waals surface area contributed by atoms with Gasteiger partial charge >= 0.3 is 0 Å². The van der Waals surface area contributed by atoms with Gasteiger partial charge in [0.2, 0.25) is 11.0 Å². The summed E-state index contributed by atoms with van der Waals surface area (Å²) in [6, 6.07) is 0.169. The highest BCUT2D eigenvalue weighted by Gasteiger charge is 2.07. The van der Waals surface area contributed by atoms with Gasteiger partial charge in [-0.2, -0.15) is 0 Å². The molecule has 0 aliphatic heterocycles. The topological polar surface area (TPSA) is 80.9 Å². The number of nitrogens with one attached hydrogen (secondary N) is 1. The average molecular weight is 232 g/mol. The predicted molar refractivity (Wildman–Crippen MR) is 58.3 cm³/mol. The number of nitrogen functional groups attached to an aromatic ring is 1. The molecule has 1 aromatic heterocycles. The molecule has 1 amide bonds. The maximum atomic E-state index is 11.2. The molecule has 1 aromatic rings. The number of anilines is 1. The van der Waals surface area contributed by atoms with Crippen LogP contribution in [0.5, 0.6) is 0 Å². The van der Waals surface area contributed by atoms with E-state index >= 15 is 0 Å². The first-order valence-electron chi connectivity index (χ1n) is 4.09. The van der Waals surface area contributed by atoms with Crippen molar-refractivity contribution in [3.8, 4) is 0 Å². The van der Waals surface area contributed by atoms with Gasteiger partial charge in [0.1, 0.15) is 0 Å². The fourth-order valence-corrected chi connectivity index (χ4v) is 2.22. The second-order valence-corrected chi connectivity index (χ2v) is 5.15. The van der Waals surface area contributed by atoms with Crippen LogP contribution in [0.3, 0.4) is 0 Å². The van der Waals surface area contributed by atoms with Crippen molar-refractivity contribution in [1.29, 1.82) is 0 Å². The molecule has 0 aliphatic rings. The Morgan fingerprint density at radius 1 is 1.64 bits per heavy atom. The fraction of sp³-hybridized carbons (Fsp3) is 0.571. The number of nitrogens with zero attached hydrogens (tertiary/aromatic N) is 2. The Kier molecular flexibility index (Phi) is 4.15. The van der Waals surface area contributed by atoms with Crippen LogP contribution in [0.1, 0.15) is 13.8 Å². The molecule has 0 aliphatic carbocycles. The SMILES string of the molecule is CC(C)NC(=O)CSc1nnc(N)s1. The van der Waals surface area contributed by atoms with E-state index in [1.54, 1.807) is 0 Å². The Morgan fingerprint density at radius 3 is 2.86 bits per heavy atom. The largest absolute Gasteiger partial charge is 0.374 e. The summed E-state index contributed by atoms with van der Waals surface area (Å²) in [5.41, 5.74) is 5.40. The first-order valence-corrected chi connectivity index (χ1v) is 5.89. The van der Waals surface area contributed by atoms with Gasteiger partial charge in [0.25, 0.3) is 0 Å². The second-order valence-electron chi connectivity index (χ2n) is 2.92. The van der Waals surface area contributed by atoms with Crippen LogP contribution in [0.2, 0.25) is 0 Å². The molecule has 0 aromatic carbocycles. The normalized spacial score (nSPS) is 10.5. The van der Waals surface area contributed by atoms with Crippen LogP contribution >= 0.6 is 23.1 Å². The van der Waals surface area contributed by atoms with Crippen LogP contribution in [0, 0.1) is 0 Å². The summed E-state index contributed by atoms with van der Waals surface area (Å²) < 4.78 is 0.724. The van der Waals surface area contributed by atoms with Crippen LogP contribution in [-0.2, 0) is 4.79 Å². The van der Waals surface area contributed by atoms with E-state index in [0.717, 1.165) is 4.34 Å². The predicted octanol–water partition coefficient (Wildman–Crippen LogP) is 0.737. The highest BCUT2D eigenvalue weighted by Crippen LogP contribution is 2.22. The molecule has 0 unspecified atom stereocenters. The van der Waals surface area contributed by atoms with E-state index in [1.807, 2.05) is 13.8 Å². The average Bonchev–Trinajstić information content (AvgIpc) is 2.47. The molecule has 0 radical (unpaired) electrons. The number of rotatable bonds is 4. The quantitative estimate of drug-likeness (QED) is 0.748. The zero-order valence-corrected chi connectivity index (χ0v) is 9.61. The van der Waals surface area contributed by atoms with Gasteiger partial charge in [-0.05, 0) is 13.8 Å². The molecule has 0 spiro atoms. The molecule has 1 heterocycles. The van der Waals surface area contributed by atoms with Gasteiger partial charge in [0.05, 0.1) is 5.75 Å². The second kappa shape index (κ2) is 5.16. The Balaban J connectivity index is 2.30. The van der Waals surface area contributed by atoms with E-state index in [9.17, 15) is 4.79 Å². The van der Waals surface area contributed by atoms with Crippen LogP contribution in [0.15, 0.2) is 4.34 Å². The summed E-state index contributed by atoms with van der Waals surface area (Å²) in [6.07, 6.45) is 0. The lowest BCUT2D eigenvalue weighted by atomic mass is 10.4. The van der Waals surface area contributed by atoms with E-state index in [0.29, 0.717) is 10.9 Å². The number of carbonyl (C=O) groups is 1. The molecule has 0 fully saturated rings. The van der Waals surface area contributed by atoms with Gasteiger partial charge in [-0.25, -0.2) is 0 Å². The van der Waals surface area contributed by atoms with Crippen molar-refractivity contribution in [2.45, 2.75) is 24.2 Å². The number of hydrogen-bond acceptors (Lipinski definition) is 6. The van der Waals surface area contributed by atoms with Crippen molar-refractivity contribution in [3.63, 3.8) is 0 Å². The van der Waals surface area contributed by atoms with Crippen LogP contribution in [0.4, 0.5) is 5.13 Å². The Hall–Kier alpha value is -0.820. The molecule has 0 bridgehead atoms. The van der Waals surface area contributed by atoms with Crippen LogP contribution in [0.25, 0.3) is 0 Å². The summed E-state index contributed by atoms with van der Waals surface area (Å²) >= 11 is 2.63. The van der Waals surface area contributed by atoms with Crippen molar-refractivity contribution in [2.24, 2.45) is 0 Å². The molecule has 14 heavy (non-hydrogen) atoms. The minimum absolute atomic E-state index is 0.00114. The maximum Gasteiger partial charge on any atom is 0.230 e. The standard InChI is InChI=1S/C7H12N4OS2/c1-4(2)9-5(12)3-13-7-11-10-6(8)14-7/h4H,3H2,1-2H3,(H2,8,10)(H,9,12).